The number of aromatic nitrogens is 1. The molecule has 0 saturated heterocycles. The Hall–Kier alpha value is -2.03. The van der Waals surface area contributed by atoms with Crippen LogP contribution in [-0.2, 0) is 17.9 Å². The van der Waals surface area contributed by atoms with E-state index in [9.17, 15) is 4.79 Å². The molecular formula is C23H32N2O. The number of benzene rings is 1. The van der Waals surface area contributed by atoms with Crippen molar-refractivity contribution in [3.63, 3.8) is 0 Å². The molecule has 140 valence electrons. The zero-order chi connectivity index (χ0) is 18.4. The van der Waals surface area contributed by atoms with Crippen LogP contribution in [0.5, 0.6) is 0 Å². The Kier molecular flexibility index (Phi) is 6.54. The Labute approximate surface area is 158 Å². The Morgan fingerprint density at radius 3 is 2.54 bits per heavy atom. The van der Waals surface area contributed by atoms with Crippen molar-refractivity contribution in [3.8, 4) is 0 Å². The molecule has 3 nitrogen and oxygen atoms in total. The van der Waals surface area contributed by atoms with E-state index in [2.05, 4.69) is 61.0 Å². The van der Waals surface area contributed by atoms with Gasteiger partial charge in [0.1, 0.15) is 0 Å². The number of amides is 1. The van der Waals surface area contributed by atoms with Gasteiger partial charge in [0, 0.05) is 30.9 Å². The van der Waals surface area contributed by atoms with Gasteiger partial charge in [0.25, 0.3) is 0 Å². The van der Waals surface area contributed by atoms with E-state index in [1.807, 2.05) is 11.0 Å². The Morgan fingerprint density at radius 2 is 1.85 bits per heavy atom. The van der Waals surface area contributed by atoms with Crippen LogP contribution >= 0.6 is 0 Å². The molecule has 1 fully saturated rings. The molecule has 0 aliphatic heterocycles. The predicted molar refractivity (Wildman–Crippen MR) is 107 cm³/mol. The molecular weight excluding hydrogens is 320 g/mol. The lowest BCUT2D eigenvalue weighted by Crippen LogP contribution is -2.37. The van der Waals surface area contributed by atoms with Gasteiger partial charge < -0.3 is 9.47 Å². The smallest absolute Gasteiger partial charge is 0.223 e. The van der Waals surface area contributed by atoms with Crippen LogP contribution in [0.1, 0.15) is 63.6 Å². The van der Waals surface area contributed by atoms with Crippen LogP contribution in [0.4, 0.5) is 0 Å². The molecule has 1 amide bonds. The molecule has 3 rings (SSSR count). The average molecular weight is 353 g/mol. The maximum atomic E-state index is 12.9. The largest absolute Gasteiger partial charge is 0.345 e. The highest BCUT2D eigenvalue weighted by Gasteiger charge is 2.21. The van der Waals surface area contributed by atoms with Crippen molar-refractivity contribution >= 4 is 5.91 Å². The van der Waals surface area contributed by atoms with Crippen LogP contribution in [0.25, 0.3) is 0 Å². The first-order valence-corrected chi connectivity index (χ1v) is 10.1. The zero-order valence-electron chi connectivity index (χ0n) is 16.2. The molecule has 1 aromatic heterocycles. The fourth-order valence-electron chi connectivity index (χ4n) is 4.03. The maximum absolute atomic E-state index is 12.9. The first-order chi connectivity index (χ1) is 12.6. The molecule has 0 atom stereocenters. The van der Waals surface area contributed by atoms with Crippen molar-refractivity contribution < 1.29 is 4.79 Å². The minimum absolute atomic E-state index is 0.228. The quantitative estimate of drug-likeness (QED) is 0.637. The number of carbonyl (C=O) groups is 1. The van der Waals surface area contributed by atoms with Gasteiger partial charge in [-0.2, -0.15) is 0 Å². The number of rotatable bonds is 8. The lowest BCUT2D eigenvalue weighted by atomic mass is 10.0. The van der Waals surface area contributed by atoms with Gasteiger partial charge in [-0.1, -0.05) is 56.0 Å². The van der Waals surface area contributed by atoms with E-state index in [-0.39, 0.29) is 6.04 Å². The minimum atomic E-state index is 0.228. The fraction of sp³-hybridized carbons (Fsp3) is 0.522. The lowest BCUT2D eigenvalue weighted by Gasteiger charge is -2.28. The van der Waals surface area contributed by atoms with E-state index in [4.69, 9.17) is 0 Å². The number of carbonyl (C=O) groups excluding carboxylic acids is 1. The standard InChI is InChI=1S/C23H32N2O/c1-19(2)25(23(26)15-14-20-9-6-7-10-20)18-22-13-8-16-24(22)17-21-11-4-3-5-12-21/h3-5,8,11-13,16,19-20H,6-7,9-10,14-15,17-18H2,1-2H3. The minimum Gasteiger partial charge on any atom is -0.345 e. The second-order valence-electron chi connectivity index (χ2n) is 7.92. The van der Waals surface area contributed by atoms with Gasteiger partial charge in [0.05, 0.1) is 6.54 Å². The van der Waals surface area contributed by atoms with Gasteiger partial charge in [0.2, 0.25) is 5.91 Å². The van der Waals surface area contributed by atoms with Crippen LogP contribution in [0.15, 0.2) is 48.7 Å². The van der Waals surface area contributed by atoms with Crippen molar-refractivity contribution in [2.75, 3.05) is 0 Å². The molecule has 0 radical (unpaired) electrons. The lowest BCUT2D eigenvalue weighted by molar-refractivity contribution is -0.134. The molecule has 3 heteroatoms. The van der Waals surface area contributed by atoms with E-state index in [0.717, 1.165) is 18.9 Å². The molecule has 0 bridgehead atoms. The van der Waals surface area contributed by atoms with Gasteiger partial charge in [-0.3, -0.25) is 4.79 Å². The maximum Gasteiger partial charge on any atom is 0.223 e. The topological polar surface area (TPSA) is 25.2 Å². The number of hydrogen-bond donors (Lipinski definition) is 0. The summed E-state index contributed by atoms with van der Waals surface area (Å²) in [4.78, 5) is 14.9. The van der Waals surface area contributed by atoms with Crippen LogP contribution in [0.3, 0.4) is 0 Å². The molecule has 1 aliphatic rings. The Bertz CT molecular complexity index is 683. The number of hydrogen-bond acceptors (Lipinski definition) is 1. The highest BCUT2D eigenvalue weighted by Crippen LogP contribution is 2.29. The third-order valence-electron chi connectivity index (χ3n) is 5.64. The highest BCUT2D eigenvalue weighted by molar-refractivity contribution is 5.76. The summed E-state index contributed by atoms with van der Waals surface area (Å²) in [7, 11) is 0. The van der Waals surface area contributed by atoms with Crippen molar-refractivity contribution in [3.05, 3.63) is 59.9 Å². The first-order valence-electron chi connectivity index (χ1n) is 10.1. The van der Waals surface area contributed by atoms with Gasteiger partial charge in [-0.15, -0.1) is 0 Å². The summed E-state index contributed by atoms with van der Waals surface area (Å²) in [6.07, 6.45) is 9.20. The monoisotopic (exact) mass is 352 g/mol. The van der Waals surface area contributed by atoms with Gasteiger partial charge in [-0.25, -0.2) is 0 Å². The molecule has 1 saturated carbocycles. The molecule has 0 unspecified atom stereocenters. The van der Waals surface area contributed by atoms with Crippen LogP contribution in [-0.4, -0.2) is 21.4 Å². The molecule has 2 aromatic rings. The van der Waals surface area contributed by atoms with Crippen molar-refractivity contribution in [1.82, 2.24) is 9.47 Å². The molecule has 0 spiro atoms. The average Bonchev–Trinajstić information content (AvgIpc) is 3.30. The molecule has 1 aliphatic carbocycles. The predicted octanol–water partition coefficient (Wildman–Crippen LogP) is 5.24. The van der Waals surface area contributed by atoms with Crippen LogP contribution in [0, 0.1) is 5.92 Å². The van der Waals surface area contributed by atoms with Gasteiger partial charge in [0.15, 0.2) is 0 Å². The zero-order valence-corrected chi connectivity index (χ0v) is 16.2. The Morgan fingerprint density at radius 1 is 1.12 bits per heavy atom. The van der Waals surface area contributed by atoms with E-state index in [0.29, 0.717) is 18.9 Å². The summed E-state index contributed by atoms with van der Waals surface area (Å²) in [6.45, 7) is 5.79. The highest BCUT2D eigenvalue weighted by atomic mass is 16.2. The van der Waals surface area contributed by atoms with E-state index >= 15 is 0 Å². The third-order valence-corrected chi connectivity index (χ3v) is 5.64. The van der Waals surface area contributed by atoms with E-state index < -0.39 is 0 Å². The van der Waals surface area contributed by atoms with Crippen LogP contribution in [0.2, 0.25) is 0 Å². The number of nitrogens with zero attached hydrogens (tertiary/aromatic N) is 2. The second-order valence-corrected chi connectivity index (χ2v) is 7.92. The summed E-state index contributed by atoms with van der Waals surface area (Å²) in [5, 5.41) is 0. The summed E-state index contributed by atoms with van der Waals surface area (Å²) >= 11 is 0. The fourth-order valence-corrected chi connectivity index (χ4v) is 4.03. The SMILES string of the molecule is CC(C)N(Cc1cccn1Cc1ccccc1)C(=O)CCC1CCCC1. The Balaban J connectivity index is 1.62. The third kappa shape index (κ3) is 5.00. The summed E-state index contributed by atoms with van der Waals surface area (Å²) in [5.74, 6) is 1.08. The van der Waals surface area contributed by atoms with Gasteiger partial charge in [-0.05, 0) is 43.9 Å². The molecule has 1 heterocycles. The summed E-state index contributed by atoms with van der Waals surface area (Å²) in [6, 6.07) is 14.9. The van der Waals surface area contributed by atoms with E-state index in [1.54, 1.807) is 0 Å². The van der Waals surface area contributed by atoms with Gasteiger partial charge >= 0.3 is 0 Å². The molecule has 1 aromatic carbocycles. The normalized spacial score (nSPS) is 14.9. The van der Waals surface area contributed by atoms with Crippen molar-refractivity contribution in [2.24, 2.45) is 5.92 Å². The van der Waals surface area contributed by atoms with Crippen molar-refractivity contribution in [2.45, 2.75) is 71.5 Å². The first kappa shape index (κ1) is 18.8. The van der Waals surface area contributed by atoms with Crippen molar-refractivity contribution in [1.29, 1.82) is 0 Å². The summed E-state index contributed by atoms with van der Waals surface area (Å²) in [5.41, 5.74) is 2.49. The molecule has 26 heavy (non-hydrogen) atoms. The molecule has 0 N–H and O–H groups in total. The second kappa shape index (κ2) is 9.07. The van der Waals surface area contributed by atoms with E-state index in [1.165, 1.54) is 36.9 Å². The van der Waals surface area contributed by atoms with Crippen LogP contribution < -0.4 is 0 Å². The summed E-state index contributed by atoms with van der Waals surface area (Å²) < 4.78 is 2.26.